The first-order valence-corrected chi connectivity index (χ1v) is 9.77. The van der Waals surface area contributed by atoms with Gasteiger partial charge in [-0.1, -0.05) is 6.92 Å². The molecule has 0 bridgehead atoms. The predicted molar refractivity (Wildman–Crippen MR) is 96.7 cm³/mol. The van der Waals surface area contributed by atoms with Crippen LogP contribution in [0.5, 0.6) is 0 Å². The highest BCUT2D eigenvalue weighted by atomic mass is 16.1. The summed E-state index contributed by atoms with van der Waals surface area (Å²) < 4.78 is 0. The fourth-order valence-electron chi connectivity index (χ4n) is 6.86. The minimum absolute atomic E-state index is 0.189. The lowest BCUT2D eigenvalue weighted by atomic mass is 9.52. The molecule has 24 heavy (non-hydrogen) atoms. The largest absolute Gasteiger partial charge is 0.381 e. The number of rotatable bonds is 2. The average molecular weight is 324 g/mol. The van der Waals surface area contributed by atoms with E-state index in [2.05, 4.69) is 29.3 Å². The van der Waals surface area contributed by atoms with Crippen LogP contribution >= 0.6 is 0 Å². The number of carbonyl (C=O) groups excluding carboxylic acids is 1. The summed E-state index contributed by atoms with van der Waals surface area (Å²) in [6, 6.07) is 7.62. The van der Waals surface area contributed by atoms with Gasteiger partial charge in [-0.2, -0.15) is 0 Å². The van der Waals surface area contributed by atoms with Gasteiger partial charge in [-0.3, -0.25) is 9.69 Å². The molecule has 2 saturated heterocycles. The number of piperidine rings is 1. The summed E-state index contributed by atoms with van der Waals surface area (Å²) in [7, 11) is 0. The van der Waals surface area contributed by atoms with Crippen LogP contribution in [0, 0.1) is 5.41 Å². The lowest BCUT2D eigenvalue weighted by Crippen LogP contribution is -2.63. The first-order valence-electron chi connectivity index (χ1n) is 9.77. The number of carbonyl (C=O) groups is 1. The van der Waals surface area contributed by atoms with Crippen LogP contribution in [0.1, 0.15) is 68.3 Å². The number of nitrogens with one attached hydrogen (secondary N) is 1. The maximum Gasteiger partial charge on any atom is 0.159 e. The van der Waals surface area contributed by atoms with E-state index in [4.69, 9.17) is 0 Å². The van der Waals surface area contributed by atoms with Crippen molar-refractivity contribution in [2.24, 2.45) is 5.41 Å². The van der Waals surface area contributed by atoms with Crippen molar-refractivity contribution in [1.29, 1.82) is 0 Å². The molecule has 4 atom stereocenters. The van der Waals surface area contributed by atoms with Gasteiger partial charge in [0.25, 0.3) is 0 Å². The molecule has 4 aliphatic rings. The zero-order valence-corrected chi connectivity index (χ0v) is 14.9. The molecule has 1 aliphatic carbocycles. The fourth-order valence-corrected chi connectivity index (χ4v) is 6.86. The molecule has 0 radical (unpaired) electrons. The summed E-state index contributed by atoms with van der Waals surface area (Å²) in [4.78, 5) is 14.8. The molecule has 0 aromatic heterocycles. The lowest BCUT2D eigenvalue weighted by Gasteiger charge is -2.58. The topological polar surface area (TPSA) is 32.3 Å². The van der Waals surface area contributed by atoms with Gasteiger partial charge in [0, 0.05) is 28.7 Å². The van der Waals surface area contributed by atoms with Crippen molar-refractivity contribution >= 4 is 11.5 Å². The van der Waals surface area contributed by atoms with Gasteiger partial charge < -0.3 is 5.32 Å². The van der Waals surface area contributed by atoms with Crippen LogP contribution in [0.25, 0.3) is 0 Å². The van der Waals surface area contributed by atoms with E-state index in [-0.39, 0.29) is 11.2 Å². The standard InChI is InChI=1S/C21H28N2O/c1-3-20-8-4-11-23-12-10-21(19(20)23)16-13-15(14(2)24)5-6-17(16)22-18(21)7-9-20/h5-6,13,18-19,22H,3-4,7-12H2,1-2H3/t18-,19-,20-,21-/m1/s1. The average Bonchev–Trinajstić information content (AvgIpc) is 3.15. The van der Waals surface area contributed by atoms with Gasteiger partial charge in [0.2, 0.25) is 0 Å². The van der Waals surface area contributed by atoms with E-state index in [1.165, 1.54) is 62.9 Å². The second-order valence-corrected chi connectivity index (χ2v) is 8.60. The highest BCUT2D eigenvalue weighted by Gasteiger charge is 2.66. The monoisotopic (exact) mass is 324 g/mol. The minimum atomic E-state index is 0.189. The molecular formula is C21H28N2O. The molecule has 1 saturated carbocycles. The predicted octanol–water partition coefficient (Wildman–Crippen LogP) is 3.98. The second-order valence-electron chi connectivity index (χ2n) is 8.60. The van der Waals surface area contributed by atoms with Crippen molar-refractivity contribution in [3.63, 3.8) is 0 Å². The third kappa shape index (κ3) is 1.64. The van der Waals surface area contributed by atoms with Crippen molar-refractivity contribution in [2.75, 3.05) is 18.4 Å². The number of Topliss-reactive ketones (excluding diaryl/α,β-unsaturated/α-hetero) is 1. The smallest absolute Gasteiger partial charge is 0.159 e. The van der Waals surface area contributed by atoms with E-state index in [1.807, 2.05) is 6.07 Å². The van der Waals surface area contributed by atoms with E-state index in [9.17, 15) is 4.79 Å². The van der Waals surface area contributed by atoms with Gasteiger partial charge in [0.05, 0.1) is 0 Å². The highest BCUT2D eigenvalue weighted by molar-refractivity contribution is 5.95. The minimum Gasteiger partial charge on any atom is -0.381 e. The Bertz CT molecular complexity index is 714. The molecule has 0 unspecified atom stereocenters. The maximum atomic E-state index is 12.0. The summed E-state index contributed by atoms with van der Waals surface area (Å²) in [6.45, 7) is 6.60. The maximum absolute atomic E-state index is 12.0. The quantitative estimate of drug-likeness (QED) is 0.835. The fraction of sp³-hybridized carbons (Fsp3) is 0.667. The van der Waals surface area contributed by atoms with Crippen LogP contribution < -0.4 is 5.32 Å². The Kier molecular flexibility index (Phi) is 3.02. The SMILES string of the molecule is CC[C@@]12CCCN3CC[C@]4(c5cc(C(C)=O)ccc5N[C@@H]4CC1)[C@H]32. The molecule has 1 aromatic carbocycles. The third-order valence-electron chi connectivity index (χ3n) is 7.88. The van der Waals surface area contributed by atoms with Gasteiger partial charge >= 0.3 is 0 Å². The Morgan fingerprint density at radius 3 is 2.96 bits per heavy atom. The van der Waals surface area contributed by atoms with Gasteiger partial charge in [-0.15, -0.1) is 0 Å². The van der Waals surface area contributed by atoms with Gasteiger partial charge in [0.1, 0.15) is 0 Å². The summed E-state index contributed by atoms with van der Waals surface area (Å²) in [6.07, 6.45) is 7.94. The summed E-state index contributed by atoms with van der Waals surface area (Å²) in [5, 5.41) is 3.86. The van der Waals surface area contributed by atoms with Crippen molar-refractivity contribution in [1.82, 2.24) is 4.90 Å². The van der Waals surface area contributed by atoms with Crippen LogP contribution in [0.2, 0.25) is 0 Å². The molecule has 128 valence electrons. The van der Waals surface area contributed by atoms with Crippen LogP contribution in [0.3, 0.4) is 0 Å². The van der Waals surface area contributed by atoms with Crippen molar-refractivity contribution in [2.45, 2.75) is 69.9 Å². The van der Waals surface area contributed by atoms with Gasteiger partial charge in [0.15, 0.2) is 5.78 Å². The Morgan fingerprint density at radius 2 is 2.17 bits per heavy atom. The van der Waals surface area contributed by atoms with Crippen LogP contribution in [0.4, 0.5) is 5.69 Å². The molecule has 1 aromatic rings. The molecule has 5 rings (SSSR count). The molecule has 3 nitrogen and oxygen atoms in total. The van der Waals surface area contributed by atoms with E-state index < -0.39 is 0 Å². The molecule has 3 aliphatic heterocycles. The van der Waals surface area contributed by atoms with E-state index in [0.717, 1.165) is 5.56 Å². The Hall–Kier alpha value is -1.35. The number of fused-ring (bicyclic) bond motifs is 1. The van der Waals surface area contributed by atoms with Crippen LogP contribution in [-0.2, 0) is 5.41 Å². The number of ketones is 1. The molecule has 3 heteroatoms. The number of nitrogens with zero attached hydrogens (tertiary/aromatic N) is 1. The Balaban J connectivity index is 1.71. The lowest BCUT2D eigenvalue weighted by molar-refractivity contribution is -0.0309. The first-order chi connectivity index (χ1) is 11.6. The van der Waals surface area contributed by atoms with Gasteiger partial charge in [-0.05, 0) is 87.7 Å². The van der Waals surface area contributed by atoms with Crippen molar-refractivity contribution < 1.29 is 4.79 Å². The zero-order valence-electron chi connectivity index (χ0n) is 14.9. The summed E-state index contributed by atoms with van der Waals surface area (Å²) in [5.41, 5.74) is 4.35. The van der Waals surface area contributed by atoms with Crippen molar-refractivity contribution in [3.8, 4) is 0 Å². The molecule has 1 N–H and O–H groups in total. The molecule has 3 heterocycles. The molecule has 3 fully saturated rings. The number of anilines is 1. The molecular weight excluding hydrogens is 296 g/mol. The zero-order chi connectivity index (χ0) is 16.5. The second kappa shape index (κ2) is 4.85. The highest BCUT2D eigenvalue weighted by Crippen LogP contribution is 2.63. The third-order valence-corrected chi connectivity index (χ3v) is 7.88. The molecule has 0 amide bonds. The van der Waals surface area contributed by atoms with E-state index in [0.29, 0.717) is 17.5 Å². The van der Waals surface area contributed by atoms with Crippen LogP contribution in [0.15, 0.2) is 18.2 Å². The number of hydrogen-bond donors (Lipinski definition) is 1. The number of benzene rings is 1. The molecule has 1 spiro atoms. The Labute approximate surface area is 144 Å². The number of hydrogen-bond acceptors (Lipinski definition) is 3. The Morgan fingerprint density at radius 1 is 1.29 bits per heavy atom. The first kappa shape index (κ1) is 14.9. The van der Waals surface area contributed by atoms with Crippen molar-refractivity contribution in [3.05, 3.63) is 29.3 Å². The van der Waals surface area contributed by atoms with Gasteiger partial charge in [-0.25, -0.2) is 0 Å². The summed E-state index contributed by atoms with van der Waals surface area (Å²) in [5.74, 6) is 0.189. The normalized spacial score (nSPS) is 39.8. The summed E-state index contributed by atoms with van der Waals surface area (Å²) >= 11 is 0. The van der Waals surface area contributed by atoms with Crippen LogP contribution in [-0.4, -0.2) is 35.9 Å². The van der Waals surface area contributed by atoms with E-state index >= 15 is 0 Å². The van der Waals surface area contributed by atoms with E-state index in [1.54, 1.807) is 6.92 Å².